The molecule has 0 saturated heterocycles. The molecule has 4 rings (SSSR count). The van der Waals surface area contributed by atoms with Gasteiger partial charge in [-0.1, -0.05) is 45.6 Å². The summed E-state index contributed by atoms with van der Waals surface area (Å²) in [5, 5.41) is 10.1. The zero-order valence-electron chi connectivity index (χ0n) is 19.6. The molecule has 1 atom stereocenters. The summed E-state index contributed by atoms with van der Waals surface area (Å²) in [4.78, 5) is 26.6. The van der Waals surface area contributed by atoms with Crippen molar-refractivity contribution in [1.29, 1.82) is 0 Å². The summed E-state index contributed by atoms with van der Waals surface area (Å²) in [7, 11) is 0. The fourth-order valence-electron chi connectivity index (χ4n) is 5.26. The number of hydrogen-bond donors (Lipinski definition) is 2. The van der Waals surface area contributed by atoms with Crippen LogP contribution in [0.1, 0.15) is 87.3 Å². The Hall–Kier alpha value is -2.70. The van der Waals surface area contributed by atoms with E-state index in [1.54, 1.807) is 18.3 Å². The molecule has 7 heteroatoms. The highest BCUT2D eigenvalue weighted by Gasteiger charge is 2.34. The van der Waals surface area contributed by atoms with Gasteiger partial charge in [-0.25, -0.2) is 4.39 Å². The Morgan fingerprint density at radius 2 is 1.85 bits per heavy atom. The van der Waals surface area contributed by atoms with Crippen LogP contribution in [0.15, 0.2) is 30.5 Å². The van der Waals surface area contributed by atoms with Crippen molar-refractivity contribution in [2.24, 2.45) is 11.8 Å². The van der Waals surface area contributed by atoms with Crippen LogP contribution in [0.4, 0.5) is 10.1 Å². The first kappa shape index (κ1) is 23.5. The van der Waals surface area contributed by atoms with Gasteiger partial charge >= 0.3 is 0 Å². The molecule has 0 bridgehead atoms. The third-order valence-corrected chi connectivity index (χ3v) is 7.37. The molecule has 0 unspecified atom stereocenters. The van der Waals surface area contributed by atoms with Crippen LogP contribution in [0.25, 0.3) is 0 Å². The molecule has 1 aromatic heterocycles. The number of benzene rings is 1. The smallest absolute Gasteiger partial charge is 0.270 e. The van der Waals surface area contributed by atoms with E-state index in [1.165, 1.54) is 6.07 Å². The van der Waals surface area contributed by atoms with Gasteiger partial charge in [0.25, 0.3) is 5.91 Å². The molecule has 0 spiro atoms. The summed E-state index contributed by atoms with van der Waals surface area (Å²) in [6.07, 6.45) is 10.4. The van der Waals surface area contributed by atoms with Gasteiger partial charge in [-0.05, 0) is 67.7 Å². The standard InChI is InChI=1S/C26H35FN4O2/c1-3-18-10-13-22(21(27)16-18)29-26(33)24(19-11-8-17(2)9-12-19)30-25(32)23-14-15-28-31(23)20-6-4-5-7-20/h10,13-17,19-20,24H,3-9,11-12H2,1-2H3,(H,29,33)(H,30,32)/t17?,19?,24-/m0/s1. The number of carbonyl (C=O) groups is 2. The Morgan fingerprint density at radius 3 is 2.52 bits per heavy atom. The van der Waals surface area contributed by atoms with E-state index >= 15 is 0 Å². The van der Waals surface area contributed by atoms with E-state index < -0.39 is 11.9 Å². The van der Waals surface area contributed by atoms with E-state index in [2.05, 4.69) is 22.7 Å². The van der Waals surface area contributed by atoms with Gasteiger partial charge in [-0.2, -0.15) is 5.10 Å². The second-order valence-corrected chi connectivity index (χ2v) is 9.73. The second-order valence-electron chi connectivity index (χ2n) is 9.73. The molecule has 6 nitrogen and oxygen atoms in total. The number of amides is 2. The number of halogens is 1. The van der Waals surface area contributed by atoms with E-state index in [0.29, 0.717) is 11.6 Å². The van der Waals surface area contributed by atoms with Crippen molar-refractivity contribution < 1.29 is 14.0 Å². The molecule has 2 amide bonds. The van der Waals surface area contributed by atoms with E-state index in [0.717, 1.165) is 63.4 Å². The molecule has 1 heterocycles. The minimum Gasteiger partial charge on any atom is -0.339 e. The third-order valence-electron chi connectivity index (χ3n) is 7.37. The van der Waals surface area contributed by atoms with E-state index in [1.807, 2.05) is 17.7 Å². The molecule has 2 aliphatic rings. The lowest BCUT2D eigenvalue weighted by Gasteiger charge is -2.32. The molecule has 2 saturated carbocycles. The topological polar surface area (TPSA) is 76.0 Å². The number of nitrogens with one attached hydrogen (secondary N) is 2. The maximum absolute atomic E-state index is 14.6. The van der Waals surface area contributed by atoms with E-state index in [9.17, 15) is 14.0 Å². The van der Waals surface area contributed by atoms with Gasteiger partial charge in [0.05, 0.1) is 11.7 Å². The van der Waals surface area contributed by atoms with E-state index in [4.69, 9.17) is 0 Å². The molecule has 2 fully saturated rings. The molecular weight excluding hydrogens is 419 g/mol. The normalized spacial score (nSPS) is 22.2. The van der Waals surface area contributed by atoms with Crippen LogP contribution >= 0.6 is 0 Å². The lowest BCUT2D eigenvalue weighted by Crippen LogP contribution is -2.49. The Balaban J connectivity index is 1.53. The maximum Gasteiger partial charge on any atom is 0.270 e. The fourth-order valence-corrected chi connectivity index (χ4v) is 5.26. The Morgan fingerprint density at radius 1 is 1.12 bits per heavy atom. The minimum absolute atomic E-state index is 0.0194. The van der Waals surface area contributed by atoms with Crippen molar-refractivity contribution in [3.63, 3.8) is 0 Å². The summed E-state index contributed by atoms with van der Waals surface area (Å²) in [5.74, 6) is -0.475. The first-order valence-corrected chi connectivity index (χ1v) is 12.4. The first-order chi connectivity index (χ1) is 16.0. The van der Waals surface area contributed by atoms with Crippen molar-refractivity contribution in [2.75, 3.05) is 5.32 Å². The highest BCUT2D eigenvalue weighted by atomic mass is 19.1. The highest BCUT2D eigenvalue weighted by molar-refractivity contribution is 6.00. The van der Waals surface area contributed by atoms with Gasteiger partial charge in [0.1, 0.15) is 17.6 Å². The fraction of sp³-hybridized carbons (Fsp3) is 0.577. The molecule has 2 aromatic rings. The van der Waals surface area contributed by atoms with E-state index in [-0.39, 0.29) is 29.5 Å². The van der Waals surface area contributed by atoms with Crippen LogP contribution in [0.3, 0.4) is 0 Å². The highest BCUT2D eigenvalue weighted by Crippen LogP contribution is 2.32. The Bertz CT molecular complexity index is 974. The van der Waals surface area contributed by atoms with Gasteiger partial charge in [0, 0.05) is 6.20 Å². The van der Waals surface area contributed by atoms with Crippen molar-refractivity contribution in [3.8, 4) is 0 Å². The van der Waals surface area contributed by atoms with Crippen LogP contribution in [-0.2, 0) is 11.2 Å². The summed E-state index contributed by atoms with van der Waals surface area (Å²) in [6.45, 7) is 4.17. The molecule has 1 aromatic carbocycles. The summed E-state index contributed by atoms with van der Waals surface area (Å²) >= 11 is 0. The lowest BCUT2D eigenvalue weighted by atomic mass is 9.79. The number of carbonyl (C=O) groups excluding carboxylic acids is 2. The maximum atomic E-state index is 14.6. The molecule has 0 aliphatic heterocycles. The Labute approximate surface area is 195 Å². The molecule has 0 radical (unpaired) electrons. The molecular formula is C26H35FN4O2. The number of anilines is 1. The number of nitrogens with zero attached hydrogens (tertiary/aromatic N) is 2. The van der Waals surface area contributed by atoms with Crippen LogP contribution in [0, 0.1) is 17.7 Å². The predicted molar refractivity (Wildman–Crippen MR) is 127 cm³/mol. The summed E-state index contributed by atoms with van der Waals surface area (Å²) in [6, 6.07) is 6.09. The Kier molecular flexibility index (Phi) is 7.46. The van der Waals surface area contributed by atoms with Gasteiger partial charge < -0.3 is 10.6 Å². The van der Waals surface area contributed by atoms with Crippen molar-refractivity contribution >= 4 is 17.5 Å². The average Bonchev–Trinajstić information content (AvgIpc) is 3.51. The number of aromatic nitrogens is 2. The van der Waals surface area contributed by atoms with Gasteiger partial charge in [-0.15, -0.1) is 0 Å². The minimum atomic E-state index is -0.720. The van der Waals surface area contributed by atoms with Gasteiger partial charge in [-0.3, -0.25) is 14.3 Å². The van der Waals surface area contributed by atoms with Crippen molar-refractivity contribution in [3.05, 3.63) is 47.5 Å². The monoisotopic (exact) mass is 454 g/mol. The SMILES string of the molecule is CCc1ccc(NC(=O)[C@@H](NC(=O)c2ccnn2C2CCCC2)C2CCC(C)CC2)c(F)c1. The number of aryl methyl sites for hydroxylation is 1. The number of rotatable bonds is 7. The lowest BCUT2D eigenvalue weighted by molar-refractivity contribution is -0.119. The zero-order chi connectivity index (χ0) is 23.4. The average molecular weight is 455 g/mol. The van der Waals surface area contributed by atoms with Crippen molar-refractivity contribution in [1.82, 2.24) is 15.1 Å². The molecule has 33 heavy (non-hydrogen) atoms. The molecule has 178 valence electrons. The predicted octanol–water partition coefficient (Wildman–Crippen LogP) is 5.26. The quantitative estimate of drug-likeness (QED) is 0.599. The second kappa shape index (κ2) is 10.5. The first-order valence-electron chi connectivity index (χ1n) is 12.4. The third kappa shape index (κ3) is 5.45. The van der Waals surface area contributed by atoms with Crippen LogP contribution in [-0.4, -0.2) is 27.6 Å². The van der Waals surface area contributed by atoms with Gasteiger partial charge in [0.2, 0.25) is 5.91 Å². The summed E-state index contributed by atoms with van der Waals surface area (Å²) in [5.41, 5.74) is 1.51. The van der Waals surface area contributed by atoms with Gasteiger partial charge in [0.15, 0.2) is 0 Å². The largest absolute Gasteiger partial charge is 0.339 e. The van der Waals surface area contributed by atoms with Crippen molar-refractivity contribution in [2.45, 2.75) is 83.7 Å². The van der Waals surface area contributed by atoms with Crippen LogP contribution in [0.2, 0.25) is 0 Å². The van der Waals surface area contributed by atoms with Crippen LogP contribution in [0.5, 0.6) is 0 Å². The number of hydrogen-bond acceptors (Lipinski definition) is 3. The zero-order valence-corrected chi connectivity index (χ0v) is 19.6. The molecule has 2 N–H and O–H groups in total. The van der Waals surface area contributed by atoms with Crippen LogP contribution < -0.4 is 10.6 Å². The molecule has 2 aliphatic carbocycles. The summed E-state index contributed by atoms with van der Waals surface area (Å²) < 4.78 is 16.4.